The van der Waals surface area contributed by atoms with E-state index >= 15 is 0 Å². The Morgan fingerprint density at radius 1 is 0.635 bits per heavy atom. The Balaban J connectivity index is 1.08. The molecular weight excluding hydrogens is 768 g/mol. The lowest BCUT2D eigenvalue weighted by Crippen LogP contribution is -2.24. The Labute approximate surface area is 370 Å². The number of rotatable bonds is 10. The first-order valence-electron chi connectivity index (χ1n) is 21.9. The number of allylic oxidation sites excluding steroid dienone is 1. The number of oxazole rings is 1. The summed E-state index contributed by atoms with van der Waals surface area (Å²) in [6.45, 7) is 13.5. The van der Waals surface area contributed by atoms with E-state index in [4.69, 9.17) is 24.4 Å². The van der Waals surface area contributed by atoms with Crippen LogP contribution in [-0.4, -0.2) is 39.1 Å². The minimum atomic E-state index is -0.182. The van der Waals surface area contributed by atoms with Crippen LogP contribution < -0.4 is 5.59 Å². The smallest absolute Gasteiger partial charge is 0.227 e. The van der Waals surface area contributed by atoms with Crippen LogP contribution in [0.3, 0.4) is 0 Å². The Hall–Kier alpha value is -7.31. The second kappa shape index (κ2) is 16.2. The van der Waals surface area contributed by atoms with Crippen molar-refractivity contribution in [1.29, 1.82) is 0 Å². The SMILES string of the molecule is CB/C=C\c1c(/C=C(\C)c2ccc3c(c2)-c2c(ccc4nc(-c5ccccc5)oc24)C3(C)C)c(BC)n(-c2cccc(-c3nc(-c4ccccc4)nc(-c4ccccc4)n3)c2)c1C. The third-order valence-corrected chi connectivity index (χ3v) is 12.5. The van der Waals surface area contributed by atoms with Crippen LogP contribution in [0.2, 0.25) is 13.6 Å². The molecular formula is C55H47B2N5O. The van der Waals surface area contributed by atoms with Crippen molar-refractivity contribution >= 4 is 49.0 Å². The fourth-order valence-electron chi connectivity index (χ4n) is 9.29. The van der Waals surface area contributed by atoms with Gasteiger partial charge in [0.25, 0.3) is 0 Å². The number of fused-ring (bicyclic) bond motifs is 5. The van der Waals surface area contributed by atoms with Gasteiger partial charge in [-0.15, -0.1) is 5.98 Å². The second-order valence-corrected chi connectivity index (χ2v) is 16.9. The zero-order valence-corrected chi connectivity index (χ0v) is 36.6. The molecule has 0 aliphatic heterocycles. The van der Waals surface area contributed by atoms with Gasteiger partial charge in [0.05, 0.1) is 0 Å². The van der Waals surface area contributed by atoms with Gasteiger partial charge in [0.1, 0.15) is 12.8 Å². The van der Waals surface area contributed by atoms with Gasteiger partial charge in [-0.25, -0.2) is 19.9 Å². The summed E-state index contributed by atoms with van der Waals surface area (Å²) in [5.41, 5.74) is 18.6. The summed E-state index contributed by atoms with van der Waals surface area (Å²) in [5, 5.41) is 0. The summed E-state index contributed by atoms with van der Waals surface area (Å²) in [6, 6.07) is 50.3. The van der Waals surface area contributed by atoms with Crippen molar-refractivity contribution in [2.75, 3.05) is 0 Å². The molecule has 0 atom stereocenters. The molecule has 9 aromatic rings. The van der Waals surface area contributed by atoms with Crippen LogP contribution in [0.15, 0.2) is 156 Å². The predicted octanol–water partition coefficient (Wildman–Crippen LogP) is 12.2. The Bertz CT molecular complexity index is 3180. The fraction of sp³-hybridized carbons (Fsp3) is 0.127. The van der Waals surface area contributed by atoms with Crippen LogP contribution in [0, 0.1) is 6.92 Å². The molecule has 0 radical (unpaired) electrons. The standard InChI is InChI=1S/C55H47B2N5O/c1-34(39-25-26-45-44(33-39)48-46(55(45,3)4)27-28-47-49(48)63-54(58-47)38-21-14-9-15-22-38)31-43-42(29-30-56-5)35(2)62(50(43)57-6)41-24-16-23-40(32-41)53-60-51(36-17-10-7-11-18-36)59-52(61-53)37-19-12-8-13-20-37/h7-33,56-57H,1-6H3/b30-29-,34-31+. The number of aromatic nitrogens is 5. The van der Waals surface area contributed by atoms with Crippen LogP contribution in [0.25, 0.3) is 91.3 Å². The molecule has 63 heavy (non-hydrogen) atoms. The van der Waals surface area contributed by atoms with E-state index in [0.29, 0.717) is 23.4 Å². The molecule has 0 fully saturated rings. The minimum absolute atomic E-state index is 0.182. The van der Waals surface area contributed by atoms with Crippen molar-refractivity contribution in [2.24, 2.45) is 0 Å². The summed E-state index contributed by atoms with van der Waals surface area (Å²) >= 11 is 0. The molecule has 0 N–H and O–H groups in total. The van der Waals surface area contributed by atoms with Crippen molar-refractivity contribution < 1.29 is 4.42 Å². The minimum Gasteiger partial charge on any atom is -0.435 e. The molecule has 8 heteroatoms. The first-order valence-corrected chi connectivity index (χ1v) is 21.9. The van der Waals surface area contributed by atoms with E-state index in [9.17, 15) is 0 Å². The largest absolute Gasteiger partial charge is 0.435 e. The maximum atomic E-state index is 6.63. The Morgan fingerprint density at radius 3 is 1.87 bits per heavy atom. The summed E-state index contributed by atoms with van der Waals surface area (Å²) in [4.78, 5) is 20.0. The molecule has 0 bridgehead atoms. The van der Waals surface area contributed by atoms with Gasteiger partial charge >= 0.3 is 0 Å². The molecule has 10 rings (SSSR count). The quantitative estimate of drug-likeness (QED) is 0.129. The van der Waals surface area contributed by atoms with Crippen LogP contribution >= 0.6 is 0 Å². The molecule has 0 amide bonds. The van der Waals surface area contributed by atoms with E-state index in [2.05, 4.69) is 119 Å². The van der Waals surface area contributed by atoms with Crippen LogP contribution in [-0.2, 0) is 5.41 Å². The highest BCUT2D eigenvalue weighted by molar-refractivity contribution is 6.53. The first kappa shape index (κ1) is 39.8. The molecule has 6 aromatic carbocycles. The topological polar surface area (TPSA) is 69.6 Å². The van der Waals surface area contributed by atoms with E-state index < -0.39 is 0 Å². The van der Waals surface area contributed by atoms with Crippen LogP contribution in [0.4, 0.5) is 0 Å². The lowest BCUT2D eigenvalue weighted by Gasteiger charge is -2.21. The molecule has 0 saturated heterocycles. The highest BCUT2D eigenvalue weighted by Crippen LogP contribution is 2.52. The summed E-state index contributed by atoms with van der Waals surface area (Å²) < 4.78 is 9.04. The molecule has 0 saturated carbocycles. The second-order valence-electron chi connectivity index (χ2n) is 16.9. The molecule has 6 nitrogen and oxygen atoms in total. The van der Waals surface area contributed by atoms with Crippen LogP contribution in [0.1, 0.15) is 54.3 Å². The summed E-state index contributed by atoms with van der Waals surface area (Å²) in [7, 11) is 1.78. The summed E-state index contributed by atoms with van der Waals surface area (Å²) in [5.74, 6) is 4.83. The van der Waals surface area contributed by atoms with Crippen molar-refractivity contribution in [3.8, 4) is 62.4 Å². The van der Waals surface area contributed by atoms with Gasteiger partial charge in [-0.1, -0.05) is 143 Å². The third-order valence-electron chi connectivity index (χ3n) is 12.5. The number of nitrogens with zero attached hydrogens (tertiary/aromatic N) is 5. The average molecular weight is 816 g/mol. The predicted molar refractivity (Wildman–Crippen MR) is 265 cm³/mol. The monoisotopic (exact) mass is 815 g/mol. The highest BCUT2D eigenvalue weighted by atomic mass is 16.3. The molecule has 1 aliphatic carbocycles. The fourth-order valence-corrected chi connectivity index (χ4v) is 9.29. The van der Waals surface area contributed by atoms with Gasteiger partial charge in [-0.05, 0) is 95.3 Å². The Morgan fingerprint density at radius 2 is 1.24 bits per heavy atom. The third kappa shape index (κ3) is 7.06. The molecule has 0 unspecified atom stereocenters. The maximum Gasteiger partial charge on any atom is 0.227 e. The normalized spacial score (nSPS) is 13.1. The van der Waals surface area contributed by atoms with E-state index in [1.165, 1.54) is 50.2 Å². The lowest BCUT2D eigenvalue weighted by atomic mass is 9.74. The molecule has 3 heterocycles. The number of hydrogen-bond donors (Lipinski definition) is 0. The van der Waals surface area contributed by atoms with E-state index in [0.717, 1.165) is 59.2 Å². The van der Waals surface area contributed by atoms with Crippen molar-refractivity contribution in [1.82, 2.24) is 24.5 Å². The van der Waals surface area contributed by atoms with E-state index in [1.807, 2.05) is 91.0 Å². The molecule has 1 aliphatic rings. The van der Waals surface area contributed by atoms with Gasteiger partial charge in [0, 0.05) is 50.2 Å². The lowest BCUT2D eigenvalue weighted by molar-refractivity contribution is 0.618. The van der Waals surface area contributed by atoms with Gasteiger partial charge in [0.15, 0.2) is 30.3 Å². The van der Waals surface area contributed by atoms with E-state index in [-0.39, 0.29) is 5.41 Å². The maximum absolute atomic E-state index is 6.63. The van der Waals surface area contributed by atoms with Gasteiger partial charge in [-0.2, -0.15) is 0 Å². The van der Waals surface area contributed by atoms with Crippen molar-refractivity contribution in [3.05, 3.63) is 185 Å². The van der Waals surface area contributed by atoms with Crippen molar-refractivity contribution in [3.63, 3.8) is 0 Å². The highest BCUT2D eigenvalue weighted by Gasteiger charge is 2.38. The van der Waals surface area contributed by atoms with Gasteiger partial charge in [0.2, 0.25) is 5.89 Å². The molecule has 0 spiro atoms. The first-order chi connectivity index (χ1) is 30.7. The van der Waals surface area contributed by atoms with Gasteiger partial charge < -0.3 is 8.98 Å². The van der Waals surface area contributed by atoms with E-state index in [1.54, 1.807) is 0 Å². The van der Waals surface area contributed by atoms with Crippen molar-refractivity contribution in [2.45, 2.75) is 46.8 Å². The zero-order chi connectivity index (χ0) is 43.2. The molecule has 304 valence electrons. The average Bonchev–Trinajstić information content (AvgIpc) is 3.96. The zero-order valence-electron chi connectivity index (χ0n) is 36.6. The molecule has 3 aromatic heterocycles. The number of hydrogen-bond acceptors (Lipinski definition) is 5. The van der Waals surface area contributed by atoms with Gasteiger partial charge in [-0.3, -0.25) is 0 Å². The summed E-state index contributed by atoms with van der Waals surface area (Å²) in [6.07, 6.45) is 4.68. The van der Waals surface area contributed by atoms with Crippen LogP contribution in [0.5, 0.6) is 0 Å². The number of benzene rings is 6. The Kier molecular flexibility index (Phi) is 10.2.